The average Bonchev–Trinajstić information content (AvgIpc) is 1.82. The molecule has 0 aromatic carbocycles. The predicted octanol–water partition coefficient (Wildman–Crippen LogP) is 3.46. The van der Waals surface area contributed by atoms with Gasteiger partial charge in [-0.3, -0.25) is 0 Å². The first-order valence-electron chi connectivity index (χ1n) is 3.82. The molecule has 0 fully saturated rings. The third-order valence-electron chi connectivity index (χ3n) is 1.90. The molecule has 68 valence electrons. The Bertz CT molecular complexity index is 233. The molecule has 1 aliphatic rings. The van der Waals surface area contributed by atoms with Crippen LogP contribution in [-0.4, -0.2) is 6.18 Å². The second-order valence-electron chi connectivity index (χ2n) is 3.25. The summed E-state index contributed by atoms with van der Waals surface area (Å²) in [4.78, 5) is 0. The van der Waals surface area contributed by atoms with Gasteiger partial charge in [0.2, 0.25) is 0 Å². The van der Waals surface area contributed by atoms with Crippen LogP contribution in [0.15, 0.2) is 23.3 Å². The highest BCUT2D eigenvalue weighted by molar-refractivity contribution is 5.27. The molecular formula is C9H11F3. The van der Waals surface area contributed by atoms with Crippen LogP contribution in [0.5, 0.6) is 0 Å². The van der Waals surface area contributed by atoms with Gasteiger partial charge in [-0.25, -0.2) is 0 Å². The van der Waals surface area contributed by atoms with Crippen molar-refractivity contribution in [1.29, 1.82) is 0 Å². The quantitative estimate of drug-likeness (QED) is 0.530. The molecule has 0 aliphatic heterocycles. The van der Waals surface area contributed by atoms with Gasteiger partial charge in [0.25, 0.3) is 0 Å². The van der Waals surface area contributed by atoms with Gasteiger partial charge in [-0.05, 0) is 20.3 Å². The summed E-state index contributed by atoms with van der Waals surface area (Å²) >= 11 is 0. The summed E-state index contributed by atoms with van der Waals surface area (Å²) in [6.07, 6.45) is -0.896. The Morgan fingerprint density at radius 3 is 2.33 bits per heavy atom. The van der Waals surface area contributed by atoms with E-state index in [1.165, 1.54) is 6.08 Å². The van der Waals surface area contributed by atoms with Crippen LogP contribution in [0, 0.1) is 5.92 Å². The van der Waals surface area contributed by atoms with Crippen molar-refractivity contribution in [2.24, 2.45) is 5.92 Å². The molecule has 3 heteroatoms. The van der Waals surface area contributed by atoms with Crippen molar-refractivity contribution in [2.45, 2.75) is 26.4 Å². The molecule has 12 heavy (non-hydrogen) atoms. The molecule has 0 N–H and O–H groups in total. The van der Waals surface area contributed by atoms with Gasteiger partial charge in [0.05, 0.1) is 5.92 Å². The first-order chi connectivity index (χ1) is 5.39. The maximum absolute atomic E-state index is 12.2. The molecule has 0 radical (unpaired) electrons. The fourth-order valence-electron chi connectivity index (χ4n) is 1.43. The Balaban J connectivity index is 2.81. The minimum absolute atomic E-state index is 0.112. The van der Waals surface area contributed by atoms with E-state index >= 15 is 0 Å². The lowest BCUT2D eigenvalue weighted by Gasteiger charge is -2.21. The molecule has 0 saturated heterocycles. The van der Waals surface area contributed by atoms with Crippen molar-refractivity contribution in [3.8, 4) is 0 Å². The zero-order chi connectivity index (χ0) is 9.35. The van der Waals surface area contributed by atoms with Crippen LogP contribution in [0.1, 0.15) is 20.3 Å². The van der Waals surface area contributed by atoms with Gasteiger partial charge in [0.15, 0.2) is 0 Å². The van der Waals surface area contributed by atoms with E-state index in [0.717, 1.165) is 5.57 Å². The fourth-order valence-corrected chi connectivity index (χ4v) is 1.43. The maximum Gasteiger partial charge on any atom is 0.395 e. The molecule has 0 aromatic heterocycles. The van der Waals surface area contributed by atoms with E-state index in [0.29, 0.717) is 5.57 Å². The zero-order valence-corrected chi connectivity index (χ0v) is 7.07. The van der Waals surface area contributed by atoms with Crippen molar-refractivity contribution in [3.63, 3.8) is 0 Å². The second-order valence-corrected chi connectivity index (χ2v) is 3.25. The summed E-state index contributed by atoms with van der Waals surface area (Å²) in [6, 6.07) is 0. The largest absolute Gasteiger partial charge is 0.395 e. The average molecular weight is 176 g/mol. The van der Waals surface area contributed by atoms with Gasteiger partial charge in [0, 0.05) is 0 Å². The first kappa shape index (κ1) is 9.36. The molecule has 0 amide bonds. The minimum Gasteiger partial charge on any atom is -0.170 e. The van der Waals surface area contributed by atoms with Gasteiger partial charge < -0.3 is 0 Å². The molecule has 1 aliphatic carbocycles. The van der Waals surface area contributed by atoms with Crippen molar-refractivity contribution in [1.82, 2.24) is 0 Å². The van der Waals surface area contributed by atoms with E-state index in [1.807, 2.05) is 0 Å². The SMILES string of the molecule is CC1=CC(C(F)(F)F)CC(C)=C1. The second kappa shape index (κ2) is 2.96. The van der Waals surface area contributed by atoms with E-state index in [-0.39, 0.29) is 6.42 Å². The molecule has 0 nitrogen and oxygen atoms in total. The summed E-state index contributed by atoms with van der Waals surface area (Å²) in [5.41, 5.74) is 1.51. The normalized spacial score (nSPS) is 24.9. The molecule has 0 spiro atoms. The highest BCUT2D eigenvalue weighted by Crippen LogP contribution is 2.35. The Hall–Kier alpha value is -0.730. The Morgan fingerprint density at radius 1 is 1.33 bits per heavy atom. The summed E-state index contributed by atoms with van der Waals surface area (Å²) in [7, 11) is 0. The third-order valence-corrected chi connectivity index (χ3v) is 1.90. The lowest BCUT2D eigenvalue weighted by Crippen LogP contribution is -2.22. The molecule has 0 heterocycles. The molecule has 1 unspecified atom stereocenters. The molecule has 1 rings (SSSR count). The Kier molecular flexibility index (Phi) is 2.31. The van der Waals surface area contributed by atoms with Crippen LogP contribution in [-0.2, 0) is 0 Å². The number of allylic oxidation sites excluding steroid dienone is 4. The number of hydrogen-bond donors (Lipinski definition) is 0. The number of halogens is 3. The fraction of sp³-hybridized carbons (Fsp3) is 0.556. The molecule has 0 saturated carbocycles. The number of rotatable bonds is 0. The van der Waals surface area contributed by atoms with Crippen LogP contribution >= 0.6 is 0 Å². The van der Waals surface area contributed by atoms with E-state index in [9.17, 15) is 13.2 Å². The number of alkyl halides is 3. The van der Waals surface area contributed by atoms with Crippen LogP contribution in [0.4, 0.5) is 13.2 Å². The smallest absolute Gasteiger partial charge is 0.170 e. The van der Waals surface area contributed by atoms with Crippen molar-refractivity contribution < 1.29 is 13.2 Å². The minimum atomic E-state index is -4.09. The van der Waals surface area contributed by atoms with Gasteiger partial charge in [-0.2, -0.15) is 13.2 Å². The van der Waals surface area contributed by atoms with Crippen LogP contribution < -0.4 is 0 Å². The van der Waals surface area contributed by atoms with Crippen molar-refractivity contribution in [3.05, 3.63) is 23.3 Å². The van der Waals surface area contributed by atoms with Gasteiger partial charge in [-0.1, -0.05) is 23.3 Å². The summed E-state index contributed by atoms with van der Waals surface area (Å²) in [5, 5.41) is 0. The summed E-state index contributed by atoms with van der Waals surface area (Å²) in [6.45, 7) is 3.43. The lowest BCUT2D eigenvalue weighted by molar-refractivity contribution is -0.161. The third kappa shape index (κ3) is 2.13. The van der Waals surface area contributed by atoms with Gasteiger partial charge in [0.1, 0.15) is 0 Å². The highest BCUT2D eigenvalue weighted by atomic mass is 19.4. The van der Waals surface area contributed by atoms with E-state index < -0.39 is 12.1 Å². The molecule has 0 bridgehead atoms. The molecule has 1 atom stereocenters. The van der Waals surface area contributed by atoms with Crippen LogP contribution in [0.3, 0.4) is 0 Å². The zero-order valence-electron chi connectivity index (χ0n) is 7.07. The lowest BCUT2D eigenvalue weighted by atomic mass is 9.91. The van der Waals surface area contributed by atoms with Crippen LogP contribution in [0.25, 0.3) is 0 Å². The summed E-state index contributed by atoms with van der Waals surface area (Å²) < 4.78 is 36.6. The Morgan fingerprint density at radius 2 is 1.92 bits per heavy atom. The standard InChI is InChI=1S/C9H11F3/c1-6-3-7(2)5-8(4-6)9(10,11)12/h3-4,8H,5H2,1-2H3. The van der Waals surface area contributed by atoms with E-state index in [1.54, 1.807) is 19.9 Å². The van der Waals surface area contributed by atoms with Crippen molar-refractivity contribution >= 4 is 0 Å². The monoisotopic (exact) mass is 176 g/mol. The maximum atomic E-state index is 12.2. The number of hydrogen-bond acceptors (Lipinski definition) is 0. The van der Waals surface area contributed by atoms with E-state index in [4.69, 9.17) is 0 Å². The Labute approximate surface area is 69.8 Å². The topological polar surface area (TPSA) is 0 Å². The van der Waals surface area contributed by atoms with Crippen LogP contribution in [0.2, 0.25) is 0 Å². The van der Waals surface area contributed by atoms with Gasteiger partial charge in [-0.15, -0.1) is 0 Å². The molecular weight excluding hydrogens is 165 g/mol. The highest BCUT2D eigenvalue weighted by Gasteiger charge is 2.38. The predicted molar refractivity (Wildman–Crippen MR) is 41.7 cm³/mol. The van der Waals surface area contributed by atoms with E-state index in [2.05, 4.69) is 0 Å². The summed E-state index contributed by atoms with van der Waals surface area (Å²) in [5.74, 6) is -1.28. The van der Waals surface area contributed by atoms with Gasteiger partial charge >= 0.3 is 6.18 Å². The first-order valence-corrected chi connectivity index (χ1v) is 3.82. The van der Waals surface area contributed by atoms with Crippen molar-refractivity contribution in [2.75, 3.05) is 0 Å². The molecule has 0 aromatic rings.